The van der Waals surface area contributed by atoms with E-state index < -0.39 is 27.5 Å². The summed E-state index contributed by atoms with van der Waals surface area (Å²) < 4.78 is 54.7. The number of sulfone groups is 1. The summed E-state index contributed by atoms with van der Waals surface area (Å²) >= 11 is 0. The highest BCUT2D eigenvalue weighted by Crippen LogP contribution is 2.45. The monoisotopic (exact) mass is 553 g/mol. The standard InChI is InChI=1S/C26H25F2N7O3S/c1-39(37,38)23-22(14-8-16-4-5-17(9-14)34(16)26(30)36)33-25-19(12-32-35(25)24(23)29)13-2-7-21(31-11-13)18-6-3-15(27)10-20(18)28/h2-3,6-7,10-12,14,16-17H,4-5,8-9,29H2,1H3,(H2,30,36)/t14-,16+,17?/m1/s1. The van der Waals surface area contributed by atoms with Crippen LogP contribution in [0.25, 0.3) is 28.0 Å². The van der Waals surface area contributed by atoms with E-state index in [0.29, 0.717) is 41.0 Å². The van der Waals surface area contributed by atoms with Crippen molar-refractivity contribution in [3.05, 3.63) is 60.1 Å². The number of carbonyl (C=O) groups is 1. The molecule has 2 bridgehead atoms. The summed E-state index contributed by atoms with van der Waals surface area (Å²) in [5.74, 6) is -1.71. The van der Waals surface area contributed by atoms with Gasteiger partial charge in [0.05, 0.1) is 17.6 Å². The number of pyridine rings is 1. The summed E-state index contributed by atoms with van der Waals surface area (Å²) in [6.45, 7) is 0. The molecule has 3 aromatic heterocycles. The topological polar surface area (TPSA) is 150 Å². The second-order valence-electron chi connectivity index (χ2n) is 10.1. The molecule has 2 aliphatic rings. The maximum atomic E-state index is 14.3. The lowest BCUT2D eigenvalue weighted by molar-refractivity contribution is 0.144. The van der Waals surface area contributed by atoms with Crippen LogP contribution in [-0.4, -0.2) is 57.3 Å². The zero-order valence-corrected chi connectivity index (χ0v) is 21.7. The summed E-state index contributed by atoms with van der Waals surface area (Å²) in [5, 5.41) is 4.30. The van der Waals surface area contributed by atoms with Crippen LogP contribution in [0.15, 0.2) is 47.6 Å². The van der Waals surface area contributed by atoms with Gasteiger partial charge in [-0.3, -0.25) is 4.98 Å². The molecule has 1 unspecified atom stereocenters. The molecule has 5 heterocycles. The number of carbonyl (C=O) groups excluding carboxylic acids is 1. The Kier molecular flexibility index (Phi) is 5.79. The van der Waals surface area contributed by atoms with Crippen molar-refractivity contribution in [3.63, 3.8) is 0 Å². The lowest BCUT2D eigenvalue weighted by atomic mass is 9.88. The highest BCUT2D eigenvalue weighted by molar-refractivity contribution is 7.91. The predicted molar refractivity (Wildman–Crippen MR) is 139 cm³/mol. The number of urea groups is 1. The van der Waals surface area contributed by atoms with Gasteiger partial charge in [-0.25, -0.2) is 27.0 Å². The van der Waals surface area contributed by atoms with Crippen LogP contribution in [0.2, 0.25) is 0 Å². The Balaban J connectivity index is 1.44. The first-order chi connectivity index (χ1) is 18.5. The predicted octanol–water partition coefficient (Wildman–Crippen LogP) is 3.51. The number of piperidine rings is 1. The van der Waals surface area contributed by atoms with Crippen LogP contribution in [0.1, 0.15) is 37.3 Å². The second kappa shape index (κ2) is 8.97. The molecule has 0 aliphatic carbocycles. The van der Waals surface area contributed by atoms with E-state index in [1.165, 1.54) is 23.0 Å². The Labute approximate surface area is 222 Å². The van der Waals surface area contributed by atoms with Crippen molar-refractivity contribution in [2.24, 2.45) is 5.73 Å². The Hall–Kier alpha value is -4.13. The molecule has 2 saturated heterocycles. The van der Waals surface area contributed by atoms with Crippen molar-refractivity contribution < 1.29 is 22.0 Å². The molecule has 0 radical (unpaired) electrons. The third kappa shape index (κ3) is 4.17. The number of nitrogens with zero attached hydrogens (tertiary/aromatic N) is 5. The number of primary amides is 1. The van der Waals surface area contributed by atoms with Gasteiger partial charge in [-0.05, 0) is 43.9 Å². The van der Waals surface area contributed by atoms with E-state index in [1.807, 2.05) is 0 Å². The number of amides is 2. The summed E-state index contributed by atoms with van der Waals surface area (Å²) in [4.78, 5) is 22.8. The number of fused-ring (bicyclic) bond motifs is 3. The molecule has 1 aromatic carbocycles. The van der Waals surface area contributed by atoms with Gasteiger partial charge in [0.25, 0.3) is 0 Å². The fourth-order valence-corrected chi connectivity index (χ4v) is 7.11. The Morgan fingerprint density at radius 3 is 2.36 bits per heavy atom. The summed E-state index contributed by atoms with van der Waals surface area (Å²) in [6.07, 6.45) is 6.75. The number of rotatable bonds is 4. The number of nitrogens with two attached hydrogens (primary N) is 2. The zero-order valence-electron chi connectivity index (χ0n) is 20.9. The smallest absolute Gasteiger partial charge is 0.315 e. The number of anilines is 1. The Morgan fingerprint density at radius 1 is 1.05 bits per heavy atom. The number of hydrogen-bond acceptors (Lipinski definition) is 7. The second-order valence-corrected chi connectivity index (χ2v) is 12.1. The largest absolute Gasteiger partial charge is 0.382 e. The van der Waals surface area contributed by atoms with Crippen molar-refractivity contribution in [2.45, 2.75) is 48.6 Å². The van der Waals surface area contributed by atoms with Crippen LogP contribution in [0.3, 0.4) is 0 Å². The number of aromatic nitrogens is 4. The fraction of sp³-hybridized carbons (Fsp3) is 0.308. The van der Waals surface area contributed by atoms with E-state index in [-0.39, 0.29) is 34.3 Å². The van der Waals surface area contributed by atoms with Gasteiger partial charge >= 0.3 is 6.03 Å². The SMILES string of the molecule is CS(=O)(=O)c1c([C@H]2CC3CC[C@@H](C2)N3C(N)=O)nc2c(-c3ccc(-c4ccc(F)cc4F)nc3)cnn2c1N. The molecule has 2 fully saturated rings. The lowest BCUT2D eigenvalue weighted by Crippen LogP contribution is -2.48. The average molecular weight is 554 g/mol. The van der Waals surface area contributed by atoms with E-state index in [0.717, 1.165) is 31.2 Å². The van der Waals surface area contributed by atoms with Gasteiger partial charge < -0.3 is 16.4 Å². The van der Waals surface area contributed by atoms with Crippen molar-refractivity contribution in [1.29, 1.82) is 0 Å². The number of hydrogen-bond donors (Lipinski definition) is 2. The molecular weight excluding hydrogens is 528 g/mol. The van der Waals surface area contributed by atoms with E-state index >= 15 is 0 Å². The maximum absolute atomic E-state index is 14.3. The van der Waals surface area contributed by atoms with Crippen LogP contribution in [0.5, 0.6) is 0 Å². The van der Waals surface area contributed by atoms with Crippen LogP contribution >= 0.6 is 0 Å². The first-order valence-electron chi connectivity index (χ1n) is 12.4. The minimum Gasteiger partial charge on any atom is -0.382 e. The van der Waals surface area contributed by atoms with Crippen LogP contribution in [0.4, 0.5) is 19.4 Å². The normalized spacial score (nSPS) is 21.0. The average Bonchev–Trinajstić information content (AvgIpc) is 3.42. The van der Waals surface area contributed by atoms with Gasteiger partial charge in [0.2, 0.25) is 0 Å². The van der Waals surface area contributed by atoms with Gasteiger partial charge in [-0.2, -0.15) is 9.61 Å². The maximum Gasteiger partial charge on any atom is 0.315 e. The minimum atomic E-state index is -3.78. The molecule has 6 rings (SSSR count). The first-order valence-corrected chi connectivity index (χ1v) is 14.3. The lowest BCUT2D eigenvalue weighted by Gasteiger charge is -2.38. The first kappa shape index (κ1) is 25.2. The zero-order chi connectivity index (χ0) is 27.6. The highest BCUT2D eigenvalue weighted by atomic mass is 32.2. The molecule has 0 spiro atoms. The molecular formula is C26H25F2N7O3S. The third-order valence-electron chi connectivity index (χ3n) is 7.69. The molecule has 2 amide bonds. The van der Waals surface area contributed by atoms with Gasteiger partial charge in [0, 0.05) is 53.2 Å². The van der Waals surface area contributed by atoms with E-state index in [2.05, 4.69) is 10.1 Å². The molecule has 4 aromatic rings. The van der Waals surface area contributed by atoms with Crippen molar-refractivity contribution >= 4 is 27.3 Å². The van der Waals surface area contributed by atoms with E-state index in [9.17, 15) is 22.0 Å². The van der Waals surface area contributed by atoms with Gasteiger partial charge in [0.15, 0.2) is 15.5 Å². The van der Waals surface area contributed by atoms with Gasteiger partial charge in [0.1, 0.15) is 22.3 Å². The summed E-state index contributed by atoms with van der Waals surface area (Å²) in [6, 6.07) is 5.92. The Bertz CT molecular complexity index is 1730. The van der Waals surface area contributed by atoms with E-state index in [4.69, 9.17) is 16.5 Å². The molecule has 39 heavy (non-hydrogen) atoms. The fourth-order valence-electron chi connectivity index (χ4n) is 6.05. The molecule has 4 N–H and O–H groups in total. The molecule has 202 valence electrons. The Morgan fingerprint density at radius 2 is 1.77 bits per heavy atom. The number of benzene rings is 1. The highest BCUT2D eigenvalue weighted by Gasteiger charge is 2.44. The molecule has 10 nitrogen and oxygen atoms in total. The molecule has 2 aliphatic heterocycles. The summed E-state index contributed by atoms with van der Waals surface area (Å²) in [7, 11) is -3.78. The van der Waals surface area contributed by atoms with Crippen molar-refractivity contribution in [1.82, 2.24) is 24.5 Å². The number of halogens is 2. The molecule has 0 saturated carbocycles. The van der Waals surface area contributed by atoms with Crippen LogP contribution < -0.4 is 11.5 Å². The van der Waals surface area contributed by atoms with Crippen LogP contribution in [0, 0.1) is 11.6 Å². The quantitative estimate of drug-likeness (QED) is 0.393. The van der Waals surface area contributed by atoms with E-state index in [1.54, 1.807) is 17.0 Å². The van der Waals surface area contributed by atoms with Crippen LogP contribution in [-0.2, 0) is 9.84 Å². The molecule has 13 heteroatoms. The minimum absolute atomic E-state index is 0.0496. The van der Waals surface area contributed by atoms with Crippen molar-refractivity contribution in [3.8, 4) is 22.4 Å². The number of nitrogen functional groups attached to an aromatic ring is 1. The summed E-state index contributed by atoms with van der Waals surface area (Å²) in [5.41, 5.74) is 14.3. The van der Waals surface area contributed by atoms with Gasteiger partial charge in [-0.15, -0.1) is 0 Å². The van der Waals surface area contributed by atoms with Gasteiger partial charge in [-0.1, -0.05) is 6.07 Å². The van der Waals surface area contributed by atoms with Crippen molar-refractivity contribution in [2.75, 3.05) is 12.0 Å². The molecule has 3 atom stereocenters. The third-order valence-corrected chi connectivity index (χ3v) is 8.85.